The minimum atomic E-state index is -0.442. The van der Waals surface area contributed by atoms with Crippen molar-refractivity contribution in [3.8, 4) is 0 Å². The molecule has 0 aliphatic rings. The van der Waals surface area contributed by atoms with Crippen molar-refractivity contribution in [2.24, 2.45) is 5.73 Å². The number of aliphatic hydroxyl groups excluding tert-OH is 1. The van der Waals surface area contributed by atoms with Gasteiger partial charge in [0.1, 0.15) is 0 Å². The van der Waals surface area contributed by atoms with Crippen LogP contribution in [0.5, 0.6) is 0 Å². The van der Waals surface area contributed by atoms with E-state index in [1.807, 2.05) is 6.07 Å². The predicted octanol–water partition coefficient (Wildman–Crippen LogP) is 0.189. The van der Waals surface area contributed by atoms with Gasteiger partial charge in [-0.2, -0.15) is 5.48 Å². The summed E-state index contributed by atoms with van der Waals surface area (Å²) in [5, 5.41) is 8.52. The third kappa shape index (κ3) is 4.39. The average molecular weight is 224 g/mol. The van der Waals surface area contributed by atoms with Crippen LogP contribution in [0.4, 0.5) is 0 Å². The van der Waals surface area contributed by atoms with Crippen LogP contribution in [-0.2, 0) is 11.4 Å². The molecule has 0 aromatic heterocycles. The van der Waals surface area contributed by atoms with Crippen LogP contribution >= 0.6 is 0 Å². The molecule has 88 valence electrons. The van der Waals surface area contributed by atoms with Gasteiger partial charge in [0.2, 0.25) is 5.91 Å². The number of rotatable bonds is 7. The third-order valence-corrected chi connectivity index (χ3v) is 1.99. The minimum absolute atomic E-state index is 0.110. The van der Waals surface area contributed by atoms with E-state index in [2.05, 4.69) is 5.48 Å². The summed E-state index contributed by atoms with van der Waals surface area (Å²) in [6.07, 6.45) is 0.592. The van der Waals surface area contributed by atoms with Gasteiger partial charge in [0.15, 0.2) is 0 Å². The van der Waals surface area contributed by atoms with E-state index in [1.165, 1.54) is 0 Å². The first-order valence-electron chi connectivity index (χ1n) is 5.08. The van der Waals surface area contributed by atoms with Crippen LogP contribution in [0.3, 0.4) is 0 Å². The fraction of sp³-hybridized carbons (Fsp3) is 0.364. The van der Waals surface area contributed by atoms with Crippen molar-refractivity contribution >= 4 is 5.91 Å². The second-order valence-electron chi connectivity index (χ2n) is 3.31. The second kappa shape index (κ2) is 6.95. The van der Waals surface area contributed by atoms with E-state index in [9.17, 15) is 4.79 Å². The molecular weight excluding hydrogens is 208 g/mol. The summed E-state index contributed by atoms with van der Waals surface area (Å²) < 4.78 is 0. The average Bonchev–Trinajstić information content (AvgIpc) is 2.29. The number of hydrogen-bond donors (Lipinski definition) is 3. The maximum absolute atomic E-state index is 10.9. The Morgan fingerprint density at radius 2 is 2.31 bits per heavy atom. The lowest BCUT2D eigenvalue weighted by Crippen LogP contribution is -2.16. The number of nitrogens with two attached hydrogens (primary N) is 1. The zero-order chi connectivity index (χ0) is 11.8. The standard InChI is InChI=1S/C11H16N2O3/c12-11(15)10-4-1-3-9(7-10)8-13-16-6-2-5-14/h1,3-4,7,13-14H,2,5-6,8H2,(H2,12,15). The largest absolute Gasteiger partial charge is 0.396 e. The third-order valence-electron chi connectivity index (χ3n) is 1.99. The number of aliphatic hydroxyl groups is 1. The van der Waals surface area contributed by atoms with Gasteiger partial charge < -0.3 is 15.7 Å². The van der Waals surface area contributed by atoms with Gasteiger partial charge in [-0.1, -0.05) is 12.1 Å². The van der Waals surface area contributed by atoms with Crippen LogP contribution in [-0.4, -0.2) is 24.2 Å². The monoisotopic (exact) mass is 224 g/mol. The number of hydroxylamine groups is 1. The highest BCUT2D eigenvalue weighted by atomic mass is 16.6. The minimum Gasteiger partial charge on any atom is -0.396 e. The van der Waals surface area contributed by atoms with Crippen LogP contribution in [0, 0.1) is 0 Å². The number of primary amides is 1. The first-order valence-corrected chi connectivity index (χ1v) is 5.08. The molecule has 4 N–H and O–H groups in total. The van der Waals surface area contributed by atoms with E-state index >= 15 is 0 Å². The van der Waals surface area contributed by atoms with Crippen LogP contribution in [0.1, 0.15) is 22.3 Å². The molecule has 0 unspecified atom stereocenters. The smallest absolute Gasteiger partial charge is 0.248 e. The molecule has 1 amide bonds. The molecule has 0 saturated carbocycles. The molecule has 16 heavy (non-hydrogen) atoms. The molecule has 0 bridgehead atoms. The molecule has 0 saturated heterocycles. The molecule has 0 spiro atoms. The van der Waals surface area contributed by atoms with Gasteiger partial charge >= 0.3 is 0 Å². The van der Waals surface area contributed by atoms with Gasteiger partial charge in [-0.25, -0.2) is 0 Å². The lowest BCUT2D eigenvalue weighted by atomic mass is 10.1. The predicted molar refractivity (Wildman–Crippen MR) is 59.5 cm³/mol. The highest BCUT2D eigenvalue weighted by Crippen LogP contribution is 2.04. The van der Waals surface area contributed by atoms with Crippen molar-refractivity contribution in [1.29, 1.82) is 0 Å². The van der Waals surface area contributed by atoms with Gasteiger partial charge in [0, 0.05) is 18.7 Å². The lowest BCUT2D eigenvalue weighted by Gasteiger charge is -2.05. The first-order chi connectivity index (χ1) is 7.74. The first kappa shape index (κ1) is 12.6. The van der Waals surface area contributed by atoms with Crippen molar-refractivity contribution in [3.63, 3.8) is 0 Å². The number of benzene rings is 1. The second-order valence-corrected chi connectivity index (χ2v) is 3.31. The topological polar surface area (TPSA) is 84.6 Å². The molecular formula is C11H16N2O3. The van der Waals surface area contributed by atoms with Crippen molar-refractivity contribution in [1.82, 2.24) is 5.48 Å². The molecule has 0 aliphatic carbocycles. The quantitative estimate of drug-likeness (QED) is 0.456. The highest BCUT2D eigenvalue weighted by Gasteiger charge is 2.00. The molecule has 5 heteroatoms. The Morgan fingerprint density at radius 3 is 3.00 bits per heavy atom. The summed E-state index contributed by atoms with van der Waals surface area (Å²) in [5.41, 5.74) is 9.30. The molecule has 0 aliphatic heterocycles. The van der Waals surface area contributed by atoms with E-state index in [0.717, 1.165) is 5.56 Å². The zero-order valence-electron chi connectivity index (χ0n) is 8.98. The molecule has 0 atom stereocenters. The molecule has 5 nitrogen and oxygen atoms in total. The Morgan fingerprint density at radius 1 is 1.50 bits per heavy atom. The summed E-state index contributed by atoms with van der Waals surface area (Å²) >= 11 is 0. The number of nitrogens with one attached hydrogen (secondary N) is 1. The number of hydrogen-bond acceptors (Lipinski definition) is 4. The Balaban J connectivity index is 2.36. The maximum atomic E-state index is 10.9. The summed E-state index contributed by atoms with van der Waals surface area (Å²) in [4.78, 5) is 16.0. The van der Waals surface area contributed by atoms with Crippen molar-refractivity contribution < 1.29 is 14.7 Å². The summed E-state index contributed by atoms with van der Waals surface area (Å²) in [5.74, 6) is -0.442. The number of carbonyl (C=O) groups excluding carboxylic acids is 1. The summed E-state index contributed by atoms with van der Waals surface area (Å²) in [6, 6.07) is 7.02. The fourth-order valence-electron chi connectivity index (χ4n) is 1.18. The van der Waals surface area contributed by atoms with Crippen LogP contribution in [0.15, 0.2) is 24.3 Å². The van der Waals surface area contributed by atoms with Crippen LogP contribution in [0.25, 0.3) is 0 Å². The summed E-state index contributed by atoms with van der Waals surface area (Å²) in [7, 11) is 0. The van der Waals surface area contributed by atoms with Crippen molar-refractivity contribution in [3.05, 3.63) is 35.4 Å². The molecule has 0 radical (unpaired) electrons. The van der Waals surface area contributed by atoms with Gasteiger partial charge in [-0.15, -0.1) is 0 Å². The Hall–Kier alpha value is -1.43. The van der Waals surface area contributed by atoms with E-state index in [1.54, 1.807) is 18.2 Å². The Kier molecular flexibility index (Phi) is 5.49. The van der Waals surface area contributed by atoms with Gasteiger partial charge in [-0.05, 0) is 24.1 Å². The Labute approximate surface area is 94.2 Å². The van der Waals surface area contributed by atoms with Crippen LogP contribution < -0.4 is 11.2 Å². The lowest BCUT2D eigenvalue weighted by molar-refractivity contribution is 0.0282. The number of amides is 1. The highest BCUT2D eigenvalue weighted by molar-refractivity contribution is 5.92. The zero-order valence-corrected chi connectivity index (χ0v) is 8.98. The maximum Gasteiger partial charge on any atom is 0.248 e. The van der Waals surface area contributed by atoms with E-state index in [-0.39, 0.29) is 6.61 Å². The molecule has 0 heterocycles. The number of carbonyl (C=O) groups is 1. The molecule has 1 aromatic rings. The van der Waals surface area contributed by atoms with Gasteiger partial charge in [0.25, 0.3) is 0 Å². The van der Waals surface area contributed by atoms with Crippen molar-refractivity contribution in [2.75, 3.05) is 13.2 Å². The van der Waals surface area contributed by atoms with Crippen LogP contribution in [0.2, 0.25) is 0 Å². The normalized spacial score (nSPS) is 10.3. The fourth-order valence-corrected chi connectivity index (χ4v) is 1.18. The molecule has 1 aromatic carbocycles. The van der Waals surface area contributed by atoms with E-state index < -0.39 is 5.91 Å². The van der Waals surface area contributed by atoms with Gasteiger partial charge in [0.05, 0.1) is 6.61 Å². The molecule has 0 fully saturated rings. The van der Waals surface area contributed by atoms with E-state index in [4.69, 9.17) is 15.7 Å². The molecule has 1 rings (SSSR count). The van der Waals surface area contributed by atoms with E-state index in [0.29, 0.717) is 25.1 Å². The van der Waals surface area contributed by atoms with Crippen molar-refractivity contribution in [2.45, 2.75) is 13.0 Å². The SMILES string of the molecule is NC(=O)c1cccc(CNOCCCO)c1. The Bertz CT molecular complexity index is 342. The summed E-state index contributed by atoms with van der Waals surface area (Å²) in [6.45, 7) is 1.05. The van der Waals surface area contributed by atoms with Gasteiger partial charge in [-0.3, -0.25) is 4.79 Å².